The highest BCUT2D eigenvalue weighted by atomic mass is 19.3. The van der Waals surface area contributed by atoms with Gasteiger partial charge in [-0.05, 0) is 36.6 Å². The van der Waals surface area contributed by atoms with Crippen molar-refractivity contribution in [1.82, 2.24) is 5.32 Å². The summed E-state index contributed by atoms with van der Waals surface area (Å²) in [6.07, 6.45) is 3.94. The topological polar surface area (TPSA) is 111 Å². The largest absolute Gasteiger partial charge is 0.433 e. The molecule has 164 valence electrons. The summed E-state index contributed by atoms with van der Waals surface area (Å²) >= 11 is 0. The first-order chi connectivity index (χ1) is 14.8. The van der Waals surface area contributed by atoms with E-state index in [0.717, 1.165) is 49.4 Å². The molecule has 2 amide bonds. The highest BCUT2D eigenvalue weighted by molar-refractivity contribution is 6.05. The molecule has 8 nitrogen and oxygen atoms in total. The first-order valence-corrected chi connectivity index (χ1v) is 9.74. The van der Waals surface area contributed by atoms with Gasteiger partial charge >= 0.3 is 6.61 Å². The molecule has 3 rings (SSSR count). The highest BCUT2D eigenvalue weighted by Gasteiger charge is 2.22. The third-order valence-electron chi connectivity index (χ3n) is 5.05. The van der Waals surface area contributed by atoms with Crippen LogP contribution in [0.15, 0.2) is 42.5 Å². The van der Waals surface area contributed by atoms with Gasteiger partial charge < -0.3 is 15.4 Å². The lowest BCUT2D eigenvalue weighted by atomic mass is 10.1. The number of nitrogens with zero attached hydrogens (tertiary/aromatic N) is 1. The number of nitrogens with one attached hydrogen (secondary N) is 2. The van der Waals surface area contributed by atoms with Crippen LogP contribution in [0.2, 0.25) is 0 Å². The molecule has 0 unspecified atom stereocenters. The molecule has 0 atom stereocenters. The maximum absolute atomic E-state index is 12.6. The summed E-state index contributed by atoms with van der Waals surface area (Å²) < 4.78 is 29.5. The third kappa shape index (κ3) is 5.97. The fourth-order valence-electron chi connectivity index (χ4n) is 3.42. The van der Waals surface area contributed by atoms with Gasteiger partial charge in [0.25, 0.3) is 11.6 Å². The number of nitro benzene ring substituents is 1. The maximum atomic E-state index is 12.6. The number of non-ortho nitro benzene ring substituents is 1. The second-order valence-electron chi connectivity index (χ2n) is 7.17. The minimum absolute atomic E-state index is 0.0246. The molecule has 0 heterocycles. The Morgan fingerprint density at radius 2 is 1.81 bits per heavy atom. The summed E-state index contributed by atoms with van der Waals surface area (Å²) in [4.78, 5) is 34.8. The van der Waals surface area contributed by atoms with Gasteiger partial charge in [0.15, 0.2) is 0 Å². The zero-order chi connectivity index (χ0) is 22.4. The van der Waals surface area contributed by atoms with Gasteiger partial charge in [-0.25, -0.2) is 0 Å². The Bertz CT molecular complexity index is 960. The number of hydrogen-bond donors (Lipinski definition) is 2. The van der Waals surface area contributed by atoms with Gasteiger partial charge in [-0.1, -0.05) is 25.0 Å². The van der Waals surface area contributed by atoms with E-state index in [1.54, 1.807) is 12.1 Å². The van der Waals surface area contributed by atoms with Crippen molar-refractivity contribution in [3.05, 3.63) is 63.7 Å². The Morgan fingerprint density at radius 3 is 2.42 bits per heavy atom. The van der Waals surface area contributed by atoms with Gasteiger partial charge in [0.1, 0.15) is 5.75 Å². The number of ether oxygens (including phenoxy) is 1. The van der Waals surface area contributed by atoms with Crippen LogP contribution in [-0.2, 0) is 11.3 Å². The summed E-state index contributed by atoms with van der Waals surface area (Å²) in [6.45, 7) is -2.83. The Balaban J connectivity index is 1.65. The van der Waals surface area contributed by atoms with E-state index < -0.39 is 17.4 Å². The number of anilines is 1. The smallest absolute Gasteiger partial charge is 0.387 e. The molecule has 10 heteroatoms. The number of halogens is 2. The van der Waals surface area contributed by atoms with Crippen LogP contribution in [0, 0.1) is 16.0 Å². The van der Waals surface area contributed by atoms with Crippen molar-refractivity contribution in [1.29, 1.82) is 0 Å². The summed E-state index contributed by atoms with van der Waals surface area (Å²) in [5.74, 6) is -0.956. The maximum Gasteiger partial charge on any atom is 0.387 e. The van der Waals surface area contributed by atoms with Gasteiger partial charge in [-0.3, -0.25) is 19.7 Å². The molecular weight excluding hydrogens is 412 g/mol. The van der Waals surface area contributed by atoms with Gasteiger partial charge in [-0.2, -0.15) is 8.78 Å². The third-order valence-corrected chi connectivity index (χ3v) is 5.05. The van der Waals surface area contributed by atoms with E-state index in [1.807, 2.05) is 0 Å². The Labute approximate surface area is 176 Å². The molecule has 2 N–H and O–H groups in total. The van der Waals surface area contributed by atoms with Crippen molar-refractivity contribution < 1.29 is 28.0 Å². The van der Waals surface area contributed by atoms with Crippen LogP contribution in [0.3, 0.4) is 0 Å². The number of rotatable bonds is 8. The van der Waals surface area contributed by atoms with Crippen molar-refractivity contribution in [2.24, 2.45) is 5.92 Å². The summed E-state index contributed by atoms with van der Waals surface area (Å²) in [6, 6.07) is 9.29. The van der Waals surface area contributed by atoms with Crippen molar-refractivity contribution in [3.8, 4) is 5.75 Å². The van der Waals surface area contributed by atoms with E-state index in [1.165, 1.54) is 12.1 Å². The number of carbonyl (C=O) groups excluding carboxylic acids is 2. The zero-order valence-corrected chi connectivity index (χ0v) is 16.5. The molecular formula is C21H21F2N3O5. The fraction of sp³-hybridized carbons (Fsp3) is 0.333. The molecule has 0 aromatic heterocycles. The van der Waals surface area contributed by atoms with Crippen LogP contribution < -0.4 is 15.4 Å². The quantitative estimate of drug-likeness (QED) is 0.478. The van der Waals surface area contributed by atoms with Crippen LogP contribution in [0.5, 0.6) is 5.75 Å². The minimum atomic E-state index is -3.16. The summed E-state index contributed by atoms with van der Waals surface area (Å²) in [5, 5.41) is 16.2. The van der Waals surface area contributed by atoms with Crippen LogP contribution >= 0.6 is 0 Å². The van der Waals surface area contributed by atoms with Crippen LogP contribution in [-0.4, -0.2) is 23.3 Å². The fourth-order valence-corrected chi connectivity index (χ4v) is 3.42. The number of alkyl halides is 2. The summed E-state index contributed by atoms with van der Waals surface area (Å²) in [7, 11) is 0. The molecule has 0 bridgehead atoms. The number of benzene rings is 2. The molecule has 0 saturated heterocycles. The average molecular weight is 433 g/mol. The number of hydrogen-bond acceptors (Lipinski definition) is 5. The molecule has 0 spiro atoms. The van der Waals surface area contributed by atoms with E-state index in [2.05, 4.69) is 15.4 Å². The van der Waals surface area contributed by atoms with E-state index in [4.69, 9.17) is 0 Å². The minimum Gasteiger partial charge on any atom is -0.433 e. The SMILES string of the molecule is O=C(Nc1cc([N+](=O)[O-])ccc1OC(F)F)c1ccc(CNC(=O)C2CCCC2)cc1. The summed E-state index contributed by atoms with van der Waals surface area (Å²) in [5.41, 5.74) is 0.373. The molecule has 31 heavy (non-hydrogen) atoms. The molecule has 1 aliphatic carbocycles. The molecule has 2 aromatic rings. The van der Waals surface area contributed by atoms with Crippen LogP contribution in [0.4, 0.5) is 20.2 Å². The Morgan fingerprint density at radius 1 is 1.13 bits per heavy atom. The molecule has 1 saturated carbocycles. The van der Waals surface area contributed by atoms with Crippen LogP contribution in [0.25, 0.3) is 0 Å². The first kappa shape index (κ1) is 22.1. The molecule has 1 aliphatic rings. The zero-order valence-electron chi connectivity index (χ0n) is 16.5. The molecule has 0 radical (unpaired) electrons. The Hall–Kier alpha value is -3.56. The van der Waals surface area contributed by atoms with E-state index >= 15 is 0 Å². The molecule has 1 fully saturated rings. The normalized spacial score (nSPS) is 13.8. The monoisotopic (exact) mass is 433 g/mol. The van der Waals surface area contributed by atoms with Gasteiger partial charge in [0.05, 0.1) is 10.6 Å². The first-order valence-electron chi connectivity index (χ1n) is 9.74. The predicted octanol–water partition coefficient (Wildman–Crippen LogP) is 4.25. The number of amides is 2. The van der Waals surface area contributed by atoms with Gasteiger partial charge in [0, 0.05) is 30.2 Å². The highest BCUT2D eigenvalue weighted by Crippen LogP contribution is 2.31. The van der Waals surface area contributed by atoms with Gasteiger partial charge in [-0.15, -0.1) is 0 Å². The number of nitro groups is 1. The lowest BCUT2D eigenvalue weighted by molar-refractivity contribution is -0.384. The van der Waals surface area contributed by atoms with Crippen LogP contribution in [0.1, 0.15) is 41.6 Å². The van der Waals surface area contributed by atoms with Crippen molar-refractivity contribution in [2.45, 2.75) is 38.8 Å². The Kier molecular flexibility index (Phi) is 7.11. The second kappa shape index (κ2) is 9.96. The van der Waals surface area contributed by atoms with Crippen molar-refractivity contribution in [3.63, 3.8) is 0 Å². The second-order valence-corrected chi connectivity index (χ2v) is 7.17. The van der Waals surface area contributed by atoms with E-state index in [-0.39, 0.29) is 34.5 Å². The lowest BCUT2D eigenvalue weighted by Gasteiger charge is -2.12. The predicted molar refractivity (Wildman–Crippen MR) is 108 cm³/mol. The molecule has 0 aliphatic heterocycles. The number of carbonyl (C=O) groups is 2. The lowest BCUT2D eigenvalue weighted by Crippen LogP contribution is -2.28. The van der Waals surface area contributed by atoms with E-state index in [9.17, 15) is 28.5 Å². The van der Waals surface area contributed by atoms with Crippen molar-refractivity contribution in [2.75, 3.05) is 5.32 Å². The standard InChI is InChI=1S/C21H21F2N3O5/c22-21(23)31-18-10-9-16(26(29)30)11-17(18)25-20(28)15-7-5-13(6-8-15)12-24-19(27)14-3-1-2-4-14/h5-11,14,21H,1-4,12H2,(H,24,27)(H,25,28). The average Bonchev–Trinajstić information content (AvgIpc) is 3.28. The molecule has 2 aromatic carbocycles. The van der Waals surface area contributed by atoms with E-state index in [0.29, 0.717) is 6.54 Å². The van der Waals surface area contributed by atoms with Crippen molar-refractivity contribution >= 4 is 23.2 Å². The van der Waals surface area contributed by atoms with Gasteiger partial charge in [0.2, 0.25) is 5.91 Å².